The molecule has 0 rings (SSSR count). The van der Waals surface area contributed by atoms with E-state index in [1.807, 2.05) is 27.7 Å². The largest absolute Gasteiger partial charge is 0.354 e. The molecule has 0 bridgehead atoms. The normalized spacial score (nSPS) is 12.3. The van der Waals surface area contributed by atoms with Gasteiger partial charge in [0, 0.05) is 24.6 Å². The Morgan fingerprint density at radius 3 is 2.24 bits per heavy atom. The van der Waals surface area contributed by atoms with E-state index in [9.17, 15) is 14.4 Å². The first-order valence-electron chi connectivity index (χ1n) is 7.18. The third kappa shape index (κ3) is 10.3. The number of ketones is 1. The maximum absolute atomic E-state index is 11.6. The van der Waals surface area contributed by atoms with E-state index in [-0.39, 0.29) is 30.1 Å². The van der Waals surface area contributed by atoms with Crippen LogP contribution in [0.4, 0.5) is 0 Å². The lowest BCUT2D eigenvalue weighted by Crippen LogP contribution is -2.46. The summed E-state index contributed by atoms with van der Waals surface area (Å²) in [6.07, 6.45) is 0.307. The van der Waals surface area contributed by atoms with Gasteiger partial charge < -0.3 is 16.4 Å². The molecule has 0 saturated heterocycles. The van der Waals surface area contributed by atoms with Crippen LogP contribution in [-0.4, -0.2) is 47.7 Å². The quantitative estimate of drug-likeness (QED) is 0.538. The second-order valence-corrected chi connectivity index (χ2v) is 7.04. The third-order valence-corrected chi connectivity index (χ3v) is 3.92. The van der Waals surface area contributed by atoms with E-state index in [2.05, 4.69) is 10.6 Å². The van der Waals surface area contributed by atoms with Gasteiger partial charge in [-0.25, -0.2) is 0 Å². The lowest BCUT2D eigenvalue weighted by Gasteiger charge is -2.13. The minimum absolute atomic E-state index is 0.0296. The summed E-state index contributed by atoms with van der Waals surface area (Å²) in [6.45, 7) is 7.87. The lowest BCUT2D eigenvalue weighted by molar-refractivity contribution is -0.126. The van der Waals surface area contributed by atoms with Crippen molar-refractivity contribution in [3.63, 3.8) is 0 Å². The van der Waals surface area contributed by atoms with Gasteiger partial charge in [-0.2, -0.15) is 11.8 Å². The van der Waals surface area contributed by atoms with Crippen molar-refractivity contribution >= 4 is 29.4 Å². The van der Waals surface area contributed by atoms with Crippen molar-refractivity contribution in [1.82, 2.24) is 10.6 Å². The first-order valence-corrected chi connectivity index (χ1v) is 8.23. The van der Waals surface area contributed by atoms with Gasteiger partial charge in [-0.3, -0.25) is 14.4 Å². The predicted octanol–water partition coefficient (Wildman–Crippen LogP) is 0.303. The van der Waals surface area contributed by atoms with Crippen molar-refractivity contribution in [2.75, 3.05) is 18.8 Å². The minimum Gasteiger partial charge on any atom is -0.354 e. The number of thioether (sulfide) groups is 1. The molecule has 0 fully saturated rings. The first-order chi connectivity index (χ1) is 9.73. The van der Waals surface area contributed by atoms with Gasteiger partial charge in [0.05, 0.1) is 12.6 Å². The predicted molar refractivity (Wildman–Crippen MR) is 86.1 cm³/mol. The molecule has 0 spiro atoms. The summed E-state index contributed by atoms with van der Waals surface area (Å²) in [5.41, 5.74) is 5.72. The Morgan fingerprint density at radius 1 is 1.10 bits per heavy atom. The molecule has 0 aromatic carbocycles. The number of hydrogen-bond acceptors (Lipinski definition) is 5. The first kappa shape index (κ1) is 19.9. The van der Waals surface area contributed by atoms with Crippen LogP contribution in [0.25, 0.3) is 0 Å². The van der Waals surface area contributed by atoms with E-state index in [0.29, 0.717) is 24.0 Å². The minimum atomic E-state index is -0.618. The molecule has 0 aliphatic heterocycles. The number of nitrogens with one attached hydrogen (secondary N) is 2. The van der Waals surface area contributed by atoms with Gasteiger partial charge in [-0.1, -0.05) is 27.7 Å². The highest BCUT2D eigenvalue weighted by Gasteiger charge is 2.15. The summed E-state index contributed by atoms with van der Waals surface area (Å²) in [5, 5.41) is 5.49. The van der Waals surface area contributed by atoms with Gasteiger partial charge in [0.2, 0.25) is 11.8 Å². The number of carbonyl (C=O) groups is 3. The van der Waals surface area contributed by atoms with E-state index < -0.39 is 6.04 Å². The van der Waals surface area contributed by atoms with Crippen molar-refractivity contribution in [3.8, 4) is 0 Å². The molecule has 0 aliphatic carbocycles. The molecular weight excluding hydrogens is 290 g/mol. The second kappa shape index (κ2) is 10.6. The highest BCUT2D eigenvalue weighted by atomic mass is 32.2. The fourth-order valence-corrected chi connectivity index (χ4v) is 2.09. The Bertz CT molecular complexity index is 359. The van der Waals surface area contributed by atoms with E-state index >= 15 is 0 Å². The molecular formula is C14H27N3O3S. The van der Waals surface area contributed by atoms with Crippen LogP contribution in [0.15, 0.2) is 0 Å². The summed E-state index contributed by atoms with van der Waals surface area (Å²) in [6, 6.07) is -0.618. The molecule has 21 heavy (non-hydrogen) atoms. The Hall–Kier alpha value is -1.08. The SMILES string of the molecule is CC(C)SC[C@@H](N)C(=O)NCC(=O)NCCC(=O)C(C)C. The zero-order valence-electron chi connectivity index (χ0n) is 13.3. The summed E-state index contributed by atoms with van der Waals surface area (Å²) in [4.78, 5) is 34.5. The van der Waals surface area contributed by atoms with Crippen molar-refractivity contribution < 1.29 is 14.4 Å². The summed E-state index contributed by atoms with van der Waals surface area (Å²) in [7, 11) is 0. The summed E-state index contributed by atoms with van der Waals surface area (Å²) in [5.74, 6) is -0.0566. The molecule has 0 aromatic rings. The molecule has 0 aromatic heterocycles. The van der Waals surface area contributed by atoms with Crippen molar-refractivity contribution in [2.45, 2.75) is 45.4 Å². The maximum atomic E-state index is 11.6. The highest BCUT2D eigenvalue weighted by Crippen LogP contribution is 2.09. The van der Waals surface area contributed by atoms with E-state index in [0.717, 1.165) is 0 Å². The Morgan fingerprint density at radius 2 is 1.71 bits per heavy atom. The van der Waals surface area contributed by atoms with Gasteiger partial charge in [-0.05, 0) is 5.25 Å². The smallest absolute Gasteiger partial charge is 0.239 e. The zero-order valence-corrected chi connectivity index (χ0v) is 14.1. The number of nitrogens with two attached hydrogens (primary N) is 1. The third-order valence-electron chi connectivity index (χ3n) is 2.71. The molecule has 7 heteroatoms. The maximum Gasteiger partial charge on any atom is 0.239 e. The molecule has 0 radical (unpaired) electrons. The Balaban J connectivity index is 3.82. The fraction of sp³-hybridized carbons (Fsp3) is 0.786. The summed E-state index contributed by atoms with van der Waals surface area (Å²) < 4.78 is 0. The van der Waals surface area contributed by atoms with Crippen LogP contribution in [0.5, 0.6) is 0 Å². The molecule has 0 aliphatic rings. The monoisotopic (exact) mass is 317 g/mol. The molecule has 122 valence electrons. The van der Waals surface area contributed by atoms with E-state index in [1.165, 1.54) is 0 Å². The number of amides is 2. The molecule has 0 saturated carbocycles. The molecule has 4 N–H and O–H groups in total. The van der Waals surface area contributed by atoms with Crippen LogP contribution in [0, 0.1) is 5.92 Å². The number of carbonyl (C=O) groups excluding carboxylic acids is 3. The van der Waals surface area contributed by atoms with Crippen molar-refractivity contribution in [1.29, 1.82) is 0 Å². The van der Waals surface area contributed by atoms with Crippen LogP contribution in [0.1, 0.15) is 34.1 Å². The number of hydrogen-bond donors (Lipinski definition) is 3. The van der Waals surface area contributed by atoms with Crippen molar-refractivity contribution in [2.24, 2.45) is 11.7 Å². The fourth-order valence-electron chi connectivity index (χ4n) is 1.35. The molecule has 1 atom stereocenters. The van der Waals surface area contributed by atoms with Crippen LogP contribution in [0.2, 0.25) is 0 Å². The van der Waals surface area contributed by atoms with Crippen molar-refractivity contribution in [3.05, 3.63) is 0 Å². The zero-order chi connectivity index (χ0) is 16.4. The average Bonchev–Trinajstić information content (AvgIpc) is 2.41. The van der Waals surface area contributed by atoms with E-state index in [4.69, 9.17) is 5.73 Å². The van der Waals surface area contributed by atoms with Crippen LogP contribution in [0.3, 0.4) is 0 Å². The molecule has 0 heterocycles. The Kier molecular flexibility index (Phi) is 10.1. The molecule has 2 amide bonds. The van der Waals surface area contributed by atoms with Gasteiger partial charge in [0.15, 0.2) is 0 Å². The number of Topliss-reactive ketones (excluding diaryl/α,β-unsaturated/α-hetero) is 1. The molecule has 6 nitrogen and oxygen atoms in total. The average molecular weight is 317 g/mol. The highest BCUT2D eigenvalue weighted by molar-refractivity contribution is 7.99. The van der Waals surface area contributed by atoms with Gasteiger partial charge in [0.25, 0.3) is 0 Å². The van der Waals surface area contributed by atoms with E-state index in [1.54, 1.807) is 11.8 Å². The van der Waals surface area contributed by atoms with Crippen LogP contribution < -0.4 is 16.4 Å². The van der Waals surface area contributed by atoms with Crippen LogP contribution >= 0.6 is 11.8 Å². The standard InChI is InChI=1S/C14H27N3O3S/c1-9(2)12(18)5-6-16-13(19)7-17-14(20)11(15)8-21-10(3)4/h9-11H,5-8,15H2,1-4H3,(H,16,19)(H,17,20)/t11-/m1/s1. The topological polar surface area (TPSA) is 101 Å². The lowest BCUT2D eigenvalue weighted by atomic mass is 10.1. The van der Waals surface area contributed by atoms with Crippen LogP contribution in [-0.2, 0) is 14.4 Å². The Labute approximate surface area is 131 Å². The van der Waals surface area contributed by atoms with Gasteiger partial charge in [0.1, 0.15) is 5.78 Å². The van der Waals surface area contributed by atoms with Gasteiger partial charge in [-0.15, -0.1) is 0 Å². The molecule has 0 unspecified atom stereocenters. The number of rotatable bonds is 10. The van der Waals surface area contributed by atoms with Gasteiger partial charge >= 0.3 is 0 Å². The summed E-state index contributed by atoms with van der Waals surface area (Å²) >= 11 is 1.60. The second-order valence-electron chi connectivity index (χ2n) is 5.43.